The van der Waals surface area contributed by atoms with Crippen LogP contribution in [0.4, 0.5) is 5.69 Å². The summed E-state index contributed by atoms with van der Waals surface area (Å²) in [7, 11) is 1.62. The van der Waals surface area contributed by atoms with E-state index in [4.69, 9.17) is 4.74 Å². The Morgan fingerprint density at radius 1 is 1.28 bits per heavy atom. The Morgan fingerprint density at radius 3 is 2.68 bits per heavy atom. The Bertz CT molecular complexity index is 920. The summed E-state index contributed by atoms with van der Waals surface area (Å²) in [6.45, 7) is 1.99. The molecule has 0 radical (unpaired) electrons. The number of H-pyrrole nitrogens is 1. The molecule has 0 bridgehead atoms. The fraction of sp³-hybridized carbons (Fsp3) is 0.176. The first kappa shape index (κ1) is 18.3. The number of thioether (sulfide) groups is 1. The van der Waals surface area contributed by atoms with Crippen molar-refractivity contribution in [3.63, 3.8) is 0 Å². The van der Waals surface area contributed by atoms with Gasteiger partial charge in [0.2, 0.25) is 5.91 Å². The molecule has 0 aliphatic carbocycles. The first-order valence-electron chi connectivity index (χ1n) is 7.38. The number of imidazole rings is 1. The number of hydrogen-bond acceptors (Lipinski definition) is 4. The smallest absolute Gasteiger partial charge is 0.234 e. The van der Waals surface area contributed by atoms with E-state index in [9.17, 15) is 4.79 Å². The van der Waals surface area contributed by atoms with Crippen LogP contribution in [0.5, 0.6) is 5.75 Å². The zero-order chi connectivity index (χ0) is 18.0. The zero-order valence-corrected chi connectivity index (χ0v) is 17.5. The number of benzene rings is 2. The maximum Gasteiger partial charge on any atom is 0.234 e. The number of nitrogens with zero attached hydrogens (tertiary/aromatic N) is 1. The Hall–Kier alpha value is -1.51. The van der Waals surface area contributed by atoms with Gasteiger partial charge in [0.05, 0.1) is 29.6 Å². The number of anilines is 1. The molecule has 0 saturated heterocycles. The minimum atomic E-state index is -0.103. The molecule has 1 heterocycles. The molecule has 0 aliphatic rings. The number of aryl methyl sites for hydroxylation is 1. The first-order chi connectivity index (χ1) is 12.0. The van der Waals surface area contributed by atoms with E-state index in [2.05, 4.69) is 47.1 Å². The summed E-state index contributed by atoms with van der Waals surface area (Å²) in [4.78, 5) is 19.9. The molecule has 0 aliphatic heterocycles. The Balaban J connectivity index is 1.66. The molecular weight excluding hydrogens is 470 g/mol. The number of hydrogen-bond donors (Lipinski definition) is 2. The summed E-state index contributed by atoms with van der Waals surface area (Å²) >= 11 is 8.31. The minimum absolute atomic E-state index is 0.103. The van der Waals surface area contributed by atoms with E-state index in [1.807, 2.05) is 37.3 Å². The summed E-state index contributed by atoms with van der Waals surface area (Å²) in [5.74, 6) is 0.914. The van der Waals surface area contributed by atoms with E-state index < -0.39 is 0 Å². The minimum Gasteiger partial charge on any atom is -0.497 e. The van der Waals surface area contributed by atoms with E-state index in [-0.39, 0.29) is 11.7 Å². The van der Waals surface area contributed by atoms with Gasteiger partial charge in [-0.1, -0.05) is 11.8 Å². The summed E-state index contributed by atoms with van der Waals surface area (Å²) < 4.78 is 6.88. The van der Waals surface area contributed by atoms with Gasteiger partial charge in [-0.05, 0) is 68.6 Å². The highest BCUT2D eigenvalue weighted by Gasteiger charge is 2.12. The van der Waals surface area contributed by atoms with Crippen LogP contribution < -0.4 is 10.1 Å². The Morgan fingerprint density at radius 2 is 2.00 bits per heavy atom. The second-order valence-corrected chi connectivity index (χ2v) is 8.04. The number of rotatable bonds is 5. The molecule has 8 heteroatoms. The third-order valence-electron chi connectivity index (χ3n) is 3.46. The van der Waals surface area contributed by atoms with Crippen molar-refractivity contribution in [2.75, 3.05) is 18.2 Å². The van der Waals surface area contributed by atoms with Crippen molar-refractivity contribution in [2.45, 2.75) is 12.1 Å². The number of halogens is 2. The fourth-order valence-corrected chi connectivity index (χ4v) is 4.59. The van der Waals surface area contributed by atoms with Gasteiger partial charge in [-0.25, -0.2) is 4.98 Å². The molecule has 0 atom stereocenters. The van der Waals surface area contributed by atoms with Crippen molar-refractivity contribution >= 4 is 66.2 Å². The van der Waals surface area contributed by atoms with Crippen LogP contribution in [-0.2, 0) is 4.79 Å². The highest BCUT2D eigenvalue weighted by atomic mass is 79.9. The lowest BCUT2D eigenvalue weighted by molar-refractivity contribution is -0.113. The van der Waals surface area contributed by atoms with E-state index in [1.165, 1.54) is 11.8 Å². The molecule has 0 fully saturated rings. The average Bonchev–Trinajstić information content (AvgIpc) is 2.98. The zero-order valence-electron chi connectivity index (χ0n) is 13.5. The van der Waals surface area contributed by atoms with E-state index in [0.29, 0.717) is 5.16 Å². The number of ether oxygens (including phenoxy) is 1. The number of carbonyl (C=O) groups is 1. The van der Waals surface area contributed by atoms with Gasteiger partial charge in [-0.15, -0.1) is 0 Å². The molecule has 5 nitrogen and oxygen atoms in total. The van der Waals surface area contributed by atoms with Crippen LogP contribution in [0.15, 0.2) is 44.4 Å². The maximum atomic E-state index is 12.3. The standard InChI is InChI=1S/C17H15Br2N3O2S/c1-9-5-11(18)16(12(19)6-9)22-15(23)8-25-17-20-13-4-3-10(24-2)7-14(13)21-17/h3-7H,8H2,1-2H3,(H,20,21)(H,22,23). The Kier molecular flexibility index (Phi) is 5.71. The summed E-state index contributed by atoms with van der Waals surface area (Å²) in [6.07, 6.45) is 0. The molecular formula is C17H15Br2N3O2S. The average molecular weight is 485 g/mol. The lowest BCUT2D eigenvalue weighted by atomic mass is 10.2. The predicted molar refractivity (Wildman–Crippen MR) is 109 cm³/mol. The number of aromatic nitrogens is 2. The number of methoxy groups -OCH3 is 1. The van der Waals surface area contributed by atoms with Gasteiger partial charge in [0.25, 0.3) is 0 Å². The summed E-state index contributed by atoms with van der Waals surface area (Å²) in [5.41, 5.74) is 3.55. The van der Waals surface area contributed by atoms with Crippen LogP contribution in [0.3, 0.4) is 0 Å². The molecule has 0 saturated carbocycles. The van der Waals surface area contributed by atoms with Gasteiger partial charge in [0, 0.05) is 15.0 Å². The van der Waals surface area contributed by atoms with Crippen LogP contribution in [0, 0.1) is 6.92 Å². The normalized spacial score (nSPS) is 10.9. The number of nitrogens with one attached hydrogen (secondary N) is 2. The molecule has 1 amide bonds. The summed E-state index contributed by atoms with van der Waals surface area (Å²) in [5, 5.41) is 3.61. The Labute approximate surface area is 166 Å². The van der Waals surface area contributed by atoms with E-state index >= 15 is 0 Å². The number of aromatic amines is 1. The van der Waals surface area contributed by atoms with Gasteiger partial charge >= 0.3 is 0 Å². The first-order valence-corrected chi connectivity index (χ1v) is 9.95. The van der Waals surface area contributed by atoms with E-state index in [0.717, 1.165) is 37.0 Å². The van der Waals surface area contributed by atoms with Crippen LogP contribution in [-0.4, -0.2) is 28.7 Å². The van der Waals surface area contributed by atoms with Gasteiger partial charge in [-0.2, -0.15) is 0 Å². The van der Waals surface area contributed by atoms with Crippen molar-refractivity contribution in [1.82, 2.24) is 9.97 Å². The molecule has 2 N–H and O–H groups in total. The molecule has 2 aromatic carbocycles. The SMILES string of the molecule is COc1ccc2nc(SCC(=O)Nc3c(Br)cc(C)cc3Br)[nH]c2c1. The number of fused-ring (bicyclic) bond motifs is 1. The molecule has 3 aromatic rings. The second kappa shape index (κ2) is 7.80. The molecule has 1 aromatic heterocycles. The van der Waals surface area contributed by atoms with Gasteiger partial charge in [0.15, 0.2) is 5.16 Å². The predicted octanol–water partition coefficient (Wildman–Crippen LogP) is 5.14. The van der Waals surface area contributed by atoms with Crippen molar-refractivity contribution in [3.8, 4) is 5.75 Å². The number of amides is 1. The monoisotopic (exact) mass is 483 g/mol. The highest BCUT2D eigenvalue weighted by molar-refractivity contribution is 9.11. The fourth-order valence-electron chi connectivity index (χ4n) is 2.29. The summed E-state index contributed by atoms with van der Waals surface area (Å²) in [6, 6.07) is 9.54. The van der Waals surface area contributed by atoms with E-state index in [1.54, 1.807) is 7.11 Å². The lowest BCUT2D eigenvalue weighted by Gasteiger charge is -2.10. The lowest BCUT2D eigenvalue weighted by Crippen LogP contribution is -2.15. The topological polar surface area (TPSA) is 67.0 Å². The molecule has 0 spiro atoms. The molecule has 0 unspecified atom stereocenters. The van der Waals surface area contributed by atoms with Crippen LogP contribution >= 0.6 is 43.6 Å². The largest absolute Gasteiger partial charge is 0.497 e. The molecule has 25 heavy (non-hydrogen) atoms. The van der Waals surface area contributed by atoms with Crippen LogP contribution in [0.1, 0.15) is 5.56 Å². The third kappa shape index (κ3) is 4.37. The van der Waals surface area contributed by atoms with Crippen molar-refractivity contribution in [3.05, 3.63) is 44.8 Å². The quantitative estimate of drug-likeness (QED) is 0.492. The maximum absolute atomic E-state index is 12.3. The second-order valence-electron chi connectivity index (χ2n) is 5.37. The molecule has 3 rings (SSSR count). The van der Waals surface area contributed by atoms with Crippen LogP contribution in [0.25, 0.3) is 11.0 Å². The third-order valence-corrected chi connectivity index (χ3v) is 5.58. The van der Waals surface area contributed by atoms with Crippen molar-refractivity contribution in [1.29, 1.82) is 0 Å². The van der Waals surface area contributed by atoms with Gasteiger partial charge in [0.1, 0.15) is 5.75 Å². The van der Waals surface area contributed by atoms with Crippen molar-refractivity contribution in [2.24, 2.45) is 0 Å². The van der Waals surface area contributed by atoms with Crippen LogP contribution in [0.2, 0.25) is 0 Å². The van der Waals surface area contributed by atoms with Crippen molar-refractivity contribution < 1.29 is 9.53 Å². The highest BCUT2D eigenvalue weighted by Crippen LogP contribution is 2.32. The van der Waals surface area contributed by atoms with Gasteiger partial charge < -0.3 is 15.0 Å². The molecule has 130 valence electrons. The number of carbonyl (C=O) groups excluding carboxylic acids is 1. The van der Waals surface area contributed by atoms with Gasteiger partial charge in [-0.3, -0.25) is 4.79 Å².